The van der Waals surface area contributed by atoms with E-state index in [1.54, 1.807) is 18.4 Å². The number of hydrogen-bond donors (Lipinski definition) is 1. The zero-order valence-electron chi connectivity index (χ0n) is 11.6. The highest BCUT2D eigenvalue weighted by atomic mass is 19.1. The van der Waals surface area contributed by atoms with Crippen LogP contribution < -0.4 is 0 Å². The van der Waals surface area contributed by atoms with Crippen LogP contribution in [0.3, 0.4) is 0 Å². The minimum Gasteiger partial charge on any atom is -0.468 e. The summed E-state index contributed by atoms with van der Waals surface area (Å²) in [6.07, 6.45) is 1.98. The largest absolute Gasteiger partial charge is 0.468 e. The van der Waals surface area contributed by atoms with Crippen LogP contribution in [0.2, 0.25) is 0 Å². The van der Waals surface area contributed by atoms with Crippen molar-refractivity contribution in [2.24, 2.45) is 0 Å². The van der Waals surface area contributed by atoms with E-state index >= 15 is 0 Å². The molecule has 0 saturated heterocycles. The molecule has 1 aromatic carbocycles. The molecule has 0 bridgehead atoms. The normalized spacial score (nSPS) is 12.8. The molecule has 2 aromatic rings. The predicted octanol–water partition coefficient (Wildman–Crippen LogP) is 3.19. The highest BCUT2D eigenvalue weighted by Crippen LogP contribution is 2.12. The van der Waals surface area contributed by atoms with Crippen LogP contribution in [-0.4, -0.2) is 22.7 Å². The molecule has 20 heavy (non-hydrogen) atoms. The quantitative estimate of drug-likeness (QED) is 0.844. The van der Waals surface area contributed by atoms with Gasteiger partial charge in [0.05, 0.1) is 18.9 Å². The number of furan rings is 1. The molecule has 0 fully saturated rings. The van der Waals surface area contributed by atoms with Crippen molar-refractivity contribution in [3.05, 3.63) is 59.8 Å². The van der Waals surface area contributed by atoms with Gasteiger partial charge in [0, 0.05) is 13.1 Å². The first-order valence-corrected chi connectivity index (χ1v) is 6.84. The summed E-state index contributed by atoms with van der Waals surface area (Å²) in [4.78, 5) is 2.10. The van der Waals surface area contributed by atoms with Crippen molar-refractivity contribution in [1.29, 1.82) is 0 Å². The Morgan fingerprint density at radius 1 is 1.20 bits per heavy atom. The molecule has 1 unspecified atom stereocenters. The van der Waals surface area contributed by atoms with Crippen molar-refractivity contribution >= 4 is 0 Å². The number of aliphatic hydroxyl groups is 1. The van der Waals surface area contributed by atoms with E-state index in [-0.39, 0.29) is 11.9 Å². The highest BCUT2D eigenvalue weighted by molar-refractivity contribution is 5.16. The van der Waals surface area contributed by atoms with Crippen LogP contribution in [-0.2, 0) is 13.1 Å². The van der Waals surface area contributed by atoms with Crippen molar-refractivity contribution in [3.63, 3.8) is 0 Å². The van der Waals surface area contributed by atoms with Gasteiger partial charge in [-0.1, -0.05) is 19.1 Å². The third-order valence-electron chi connectivity index (χ3n) is 3.22. The van der Waals surface area contributed by atoms with Crippen LogP contribution in [0.1, 0.15) is 24.7 Å². The predicted molar refractivity (Wildman–Crippen MR) is 75.5 cm³/mol. The molecule has 0 spiro atoms. The van der Waals surface area contributed by atoms with E-state index in [1.807, 2.05) is 19.1 Å². The van der Waals surface area contributed by atoms with Crippen LogP contribution in [0, 0.1) is 5.82 Å². The second kappa shape index (κ2) is 7.22. The monoisotopic (exact) mass is 277 g/mol. The summed E-state index contributed by atoms with van der Waals surface area (Å²) >= 11 is 0. The molecule has 0 aliphatic heterocycles. The van der Waals surface area contributed by atoms with E-state index < -0.39 is 0 Å². The maximum atomic E-state index is 12.9. The topological polar surface area (TPSA) is 36.6 Å². The van der Waals surface area contributed by atoms with E-state index in [1.165, 1.54) is 12.1 Å². The molecule has 1 N–H and O–H groups in total. The molecule has 3 nitrogen and oxygen atoms in total. The molecule has 2 rings (SSSR count). The number of benzene rings is 1. The van der Waals surface area contributed by atoms with Crippen LogP contribution in [0.5, 0.6) is 0 Å². The van der Waals surface area contributed by atoms with E-state index in [4.69, 9.17) is 4.42 Å². The lowest BCUT2D eigenvalue weighted by atomic mass is 10.2. The smallest absolute Gasteiger partial charge is 0.123 e. The summed E-state index contributed by atoms with van der Waals surface area (Å²) < 4.78 is 18.3. The van der Waals surface area contributed by atoms with Gasteiger partial charge in [-0.3, -0.25) is 4.90 Å². The molecule has 0 amide bonds. The molecule has 108 valence electrons. The maximum Gasteiger partial charge on any atom is 0.123 e. The summed E-state index contributed by atoms with van der Waals surface area (Å²) in [6.45, 7) is 3.79. The summed E-state index contributed by atoms with van der Waals surface area (Å²) in [5.41, 5.74) is 1.02. The Bertz CT molecular complexity index is 496. The molecule has 1 atom stereocenters. The van der Waals surface area contributed by atoms with Crippen LogP contribution in [0.15, 0.2) is 47.1 Å². The SMILES string of the molecule is CCC(O)CN(Cc1ccc(F)cc1)Cc1ccco1. The number of hydrogen-bond acceptors (Lipinski definition) is 3. The lowest BCUT2D eigenvalue weighted by Gasteiger charge is -2.23. The van der Waals surface area contributed by atoms with Gasteiger partial charge in [-0.2, -0.15) is 0 Å². The summed E-state index contributed by atoms with van der Waals surface area (Å²) in [5, 5.41) is 9.85. The molecular weight excluding hydrogens is 257 g/mol. The fraction of sp³-hybridized carbons (Fsp3) is 0.375. The van der Waals surface area contributed by atoms with Crippen LogP contribution >= 0.6 is 0 Å². The van der Waals surface area contributed by atoms with E-state index in [9.17, 15) is 9.50 Å². The van der Waals surface area contributed by atoms with Gasteiger partial charge in [0.1, 0.15) is 11.6 Å². The third kappa shape index (κ3) is 4.47. The number of halogens is 1. The Kier molecular flexibility index (Phi) is 5.32. The molecular formula is C16H20FNO2. The number of nitrogens with zero attached hydrogens (tertiary/aromatic N) is 1. The van der Waals surface area contributed by atoms with Crippen molar-refractivity contribution in [2.45, 2.75) is 32.5 Å². The minimum atomic E-state index is -0.370. The van der Waals surface area contributed by atoms with Crippen molar-refractivity contribution < 1.29 is 13.9 Å². The van der Waals surface area contributed by atoms with E-state index in [2.05, 4.69) is 4.90 Å². The molecule has 0 aliphatic rings. The van der Waals surface area contributed by atoms with Crippen molar-refractivity contribution in [1.82, 2.24) is 4.90 Å². The zero-order chi connectivity index (χ0) is 14.4. The Labute approximate surface area is 118 Å². The second-order valence-corrected chi connectivity index (χ2v) is 4.94. The van der Waals surface area contributed by atoms with Crippen LogP contribution in [0.4, 0.5) is 4.39 Å². The van der Waals surface area contributed by atoms with Gasteiger partial charge in [-0.15, -0.1) is 0 Å². The van der Waals surface area contributed by atoms with Gasteiger partial charge in [0.2, 0.25) is 0 Å². The van der Waals surface area contributed by atoms with Gasteiger partial charge in [-0.25, -0.2) is 4.39 Å². The Balaban J connectivity index is 2.03. The van der Waals surface area contributed by atoms with Gasteiger partial charge in [0.25, 0.3) is 0 Å². The summed E-state index contributed by atoms with van der Waals surface area (Å²) in [5.74, 6) is 0.621. The fourth-order valence-electron chi connectivity index (χ4n) is 2.08. The maximum absolute atomic E-state index is 12.9. The Hall–Kier alpha value is -1.65. The molecule has 0 radical (unpaired) electrons. The number of rotatable bonds is 7. The summed E-state index contributed by atoms with van der Waals surface area (Å²) in [6, 6.07) is 10.2. The van der Waals surface area contributed by atoms with Crippen molar-refractivity contribution in [2.75, 3.05) is 6.54 Å². The van der Waals surface area contributed by atoms with Gasteiger partial charge >= 0.3 is 0 Å². The Morgan fingerprint density at radius 2 is 1.95 bits per heavy atom. The fourth-order valence-corrected chi connectivity index (χ4v) is 2.08. The van der Waals surface area contributed by atoms with E-state index in [0.717, 1.165) is 11.3 Å². The zero-order valence-corrected chi connectivity index (χ0v) is 11.6. The second-order valence-electron chi connectivity index (χ2n) is 4.94. The molecule has 4 heteroatoms. The van der Waals surface area contributed by atoms with Gasteiger partial charge < -0.3 is 9.52 Å². The average Bonchev–Trinajstić information content (AvgIpc) is 2.94. The highest BCUT2D eigenvalue weighted by Gasteiger charge is 2.13. The first-order chi connectivity index (χ1) is 9.67. The van der Waals surface area contributed by atoms with Crippen molar-refractivity contribution in [3.8, 4) is 0 Å². The lowest BCUT2D eigenvalue weighted by Crippen LogP contribution is -2.31. The standard InChI is InChI=1S/C16H20FNO2/c1-2-15(19)11-18(12-16-4-3-9-20-16)10-13-5-7-14(17)8-6-13/h3-9,15,19H,2,10-12H2,1H3. The summed E-state index contributed by atoms with van der Waals surface area (Å²) in [7, 11) is 0. The molecule has 1 heterocycles. The number of aliphatic hydroxyl groups excluding tert-OH is 1. The Morgan fingerprint density at radius 3 is 2.55 bits per heavy atom. The average molecular weight is 277 g/mol. The molecule has 0 saturated carbocycles. The van der Waals surface area contributed by atoms with Crippen LogP contribution in [0.25, 0.3) is 0 Å². The first kappa shape index (κ1) is 14.8. The molecule has 0 aliphatic carbocycles. The van der Waals surface area contributed by atoms with Gasteiger partial charge in [-0.05, 0) is 36.2 Å². The molecule has 1 aromatic heterocycles. The van der Waals surface area contributed by atoms with E-state index in [0.29, 0.717) is 26.1 Å². The minimum absolute atomic E-state index is 0.236. The lowest BCUT2D eigenvalue weighted by molar-refractivity contribution is 0.0973. The van der Waals surface area contributed by atoms with Gasteiger partial charge in [0.15, 0.2) is 0 Å². The third-order valence-corrected chi connectivity index (χ3v) is 3.22. The first-order valence-electron chi connectivity index (χ1n) is 6.84.